The molecule has 0 spiro atoms. The average Bonchev–Trinajstić information content (AvgIpc) is 2.73. The fraction of sp³-hybridized carbons (Fsp3) is 0.786. The first-order chi connectivity index (χ1) is 8.74. The number of aliphatic hydroxyl groups excluding tert-OH is 1. The molecule has 2 heterocycles. The van der Waals surface area contributed by atoms with Crippen LogP contribution in [0.2, 0.25) is 0 Å². The molecule has 5 heteroatoms. The molecule has 1 saturated heterocycles. The molecule has 1 fully saturated rings. The molecule has 1 aromatic rings. The number of alkyl halides is 1. The van der Waals surface area contributed by atoms with Gasteiger partial charge in [0.05, 0.1) is 16.1 Å². The summed E-state index contributed by atoms with van der Waals surface area (Å²) in [5, 5.41) is 12.6. The van der Waals surface area contributed by atoms with E-state index in [1.165, 1.54) is 11.5 Å². The van der Waals surface area contributed by atoms with Gasteiger partial charge in [0.1, 0.15) is 0 Å². The largest absolute Gasteiger partial charge is 0.387 e. The predicted molar refractivity (Wildman–Crippen MR) is 84.0 cm³/mol. The van der Waals surface area contributed by atoms with Gasteiger partial charge < -0.3 is 5.11 Å². The normalized spacial score (nSPS) is 22.4. The molecule has 1 aliphatic heterocycles. The number of aliphatic hydroxyl groups is 1. The number of hydrogen-bond acceptors (Lipinski definition) is 4. The molecule has 1 atom stereocenters. The minimum Gasteiger partial charge on any atom is -0.387 e. The van der Waals surface area contributed by atoms with Gasteiger partial charge in [-0.25, -0.2) is 0 Å². The molecule has 1 N–H and O–H groups in total. The first-order valence-electron chi connectivity index (χ1n) is 6.77. The fourth-order valence-electron chi connectivity index (χ4n) is 2.66. The molecule has 0 radical (unpaired) electrons. The van der Waals surface area contributed by atoms with Crippen molar-refractivity contribution < 1.29 is 5.11 Å². The Hall–Kier alpha value is 0.0300. The average molecular weight is 347 g/mol. The Morgan fingerprint density at radius 3 is 2.42 bits per heavy atom. The van der Waals surface area contributed by atoms with E-state index in [9.17, 15) is 5.11 Å². The van der Waals surface area contributed by atoms with Gasteiger partial charge in [0.2, 0.25) is 0 Å². The lowest BCUT2D eigenvalue weighted by Gasteiger charge is -2.45. The Kier molecular flexibility index (Phi) is 4.41. The van der Waals surface area contributed by atoms with Crippen LogP contribution < -0.4 is 0 Å². The first-order valence-corrected chi connectivity index (χ1v) is 8.40. The van der Waals surface area contributed by atoms with Crippen molar-refractivity contribution in [2.75, 3.05) is 13.1 Å². The zero-order chi connectivity index (χ0) is 14.3. The van der Waals surface area contributed by atoms with Gasteiger partial charge in [-0.1, -0.05) is 15.9 Å². The van der Waals surface area contributed by atoms with E-state index in [1.807, 2.05) is 12.3 Å². The van der Waals surface area contributed by atoms with Gasteiger partial charge in [0, 0.05) is 29.6 Å². The van der Waals surface area contributed by atoms with E-state index in [2.05, 4.69) is 46.0 Å². The van der Waals surface area contributed by atoms with Crippen molar-refractivity contribution in [3.8, 4) is 0 Å². The maximum absolute atomic E-state index is 10.7. The summed E-state index contributed by atoms with van der Waals surface area (Å²) in [5.74, 6) is 0. The first kappa shape index (κ1) is 15.4. The quantitative estimate of drug-likeness (QED) is 0.832. The second-order valence-corrected chi connectivity index (χ2v) is 8.66. The van der Waals surface area contributed by atoms with Gasteiger partial charge in [-0.2, -0.15) is 4.37 Å². The molecule has 1 unspecified atom stereocenters. The number of aryl methyl sites for hydroxylation is 1. The fourth-order valence-corrected chi connectivity index (χ4v) is 3.99. The van der Waals surface area contributed by atoms with Gasteiger partial charge in [0.25, 0.3) is 0 Å². The van der Waals surface area contributed by atoms with Crippen LogP contribution in [-0.4, -0.2) is 37.3 Å². The maximum Gasteiger partial charge on any atom is 0.0970 e. The highest BCUT2D eigenvalue weighted by Crippen LogP contribution is 2.44. The number of piperidine rings is 1. The van der Waals surface area contributed by atoms with E-state index in [0.717, 1.165) is 37.2 Å². The molecule has 0 aromatic carbocycles. The summed E-state index contributed by atoms with van der Waals surface area (Å²) < 4.78 is 4.06. The van der Waals surface area contributed by atoms with Crippen molar-refractivity contribution in [3.63, 3.8) is 0 Å². The van der Waals surface area contributed by atoms with Crippen LogP contribution in [0.15, 0.2) is 5.38 Å². The standard InChI is InChI=1S/C14H23BrN2OS/c1-10-11(9-19-16-10)12(18)14(15)5-7-17(8-6-14)13(2,3)4/h9,12,18H,5-8H2,1-4H3. The molecular formula is C14H23BrN2OS. The minimum absolute atomic E-state index is 0.206. The highest BCUT2D eigenvalue weighted by Gasteiger charge is 2.42. The van der Waals surface area contributed by atoms with Crippen LogP contribution in [0.3, 0.4) is 0 Å². The second-order valence-electron chi connectivity index (χ2n) is 6.45. The van der Waals surface area contributed by atoms with Crippen LogP contribution in [0.1, 0.15) is 51.0 Å². The zero-order valence-corrected chi connectivity index (χ0v) is 14.5. The summed E-state index contributed by atoms with van der Waals surface area (Å²) in [6, 6.07) is 0. The lowest BCUT2D eigenvalue weighted by Crippen LogP contribution is -2.51. The summed E-state index contributed by atoms with van der Waals surface area (Å²) in [6.07, 6.45) is 1.45. The topological polar surface area (TPSA) is 36.4 Å². The number of rotatable bonds is 2. The van der Waals surface area contributed by atoms with Crippen molar-refractivity contribution in [3.05, 3.63) is 16.6 Å². The Morgan fingerprint density at radius 2 is 2.00 bits per heavy atom. The molecule has 1 aromatic heterocycles. The van der Waals surface area contributed by atoms with Crippen LogP contribution in [0, 0.1) is 6.92 Å². The molecule has 0 amide bonds. The molecule has 0 saturated carbocycles. The van der Waals surface area contributed by atoms with Crippen molar-refractivity contribution in [1.29, 1.82) is 0 Å². The Bertz CT molecular complexity index is 433. The third kappa shape index (κ3) is 3.20. The van der Waals surface area contributed by atoms with Gasteiger partial charge in [0.15, 0.2) is 0 Å². The van der Waals surface area contributed by atoms with Crippen molar-refractivity contribution in [2.45, 2.75) is 56.5 Å². The van der Waals surface area contributed by atoms with E-state index < -0.39 is 6.10 Å². The summed E-state index contributed by atoms with van der Waals surface area (Å²) in [4.78, 5) is 2.48. The predicted octanol–water partition coefficient (Wildman–Crippen LogP) is 3.51. The van der Waals surface area contributed by atoms with Crippen LogP contribution >= 0.6 is 27.5 Å². The Morgan fingerprint density at radius 1 is 1.42 bits per heavy atom. The van der Waals surface area contributed by atoms with Gasteiger partial charge in [-0.3, -0.25) is 4.90 Å². The Labute approximate surface area is 128 Å². The highest BCUT2D eigenvalue weighted by atomic mass is 79.9. The lowest BCUT2D eigenvalue weighted by atomic mass is 9.86. The summed E-state index contributed by atoms with van der Waals surface area (Å²) in [7, 11) is 0. The van der Waals surface area contributed by atoms with E-state index >= 15 is 0 Å². The van der Waals surface area contributed by atoms with Crippen LogP contribution in [0.5, 0.6) is 0 Å². The minimum atomic E-state index is -0.464. The Balaban J connectivity index is 2.08. The summed E-state index contributed by atoms with van der Waals surface area (Å²) >= 11 is 5.23. The molecule has 0 bridgehead atoms. The number of halogens is 1. The van der Waals surface area contributed by atoms with Crippen molar-refractivity contribution in [1.82, 2.24) is 9.27 Å². The summed E-state index contributed by atoms with van der Waals surface area (Å²) in [6.45, 7) is 10.7. The van der Waals surface area contributed by atoms with Crippen molar-refractivity contribution >= 4 is 27.5 Å². The van der Waals surface area contributed by atoms with Crippen LogP contribution in [0.4, 0.5) is 0 Å². The monoisotopic (exact) mass is 346 g/mol. The van der Waals surface area contributed by atoms with Gasteiger partial charge >= 0.3 is 0 Å². The molecule has 0 aliphatic carbocycles. The number of likely N-dealkylation sites (tertiary alicyclic amines) is 1. The molecule has 108 valence electrons. The second kappa shape index (κ2) is 5.43. The van der Waals surface area contributed by atoms with Crippen molar-refractivity contribution in [2.24, 2.45) is 0 Å². The molecule has 19 heavy (non-hydrogen) atoms. The third-order valence-electron chi connectivity index (χ3n) is 4.12. The zero-order valence-electron chi connectivity index (χ0n) is 12.1. The van der Waals surface area contributed by atoms with E-state index in [-0.39, 0.29) is 9.86 Å². The maximum atomic E-state index is 10.7. The molecule has 1 aliphatic rings. The lowest BCUT2D eigenvalue weighted by molar-refractivity contribution is 0.0476. The van der Waals surface area contributed by atoms with E-state index in [1.54, 1.807) is 0 Å². The van der Waals surface area contributed by atoms with Gasteiger partial charge in [-0.05, 0) is 52.1 Å². The molecular weight excluding hydrogens is 324 g/mol. The highest BCUT2D eigenvalue weighted by molar-refractivity contribution is 9.10. The molecule has 2 rings (SSSR count). The van der Waals surface area contributed by atoms with Crippen LogP contribution in [-0.2, 0) is 0 Å². The summed E-state index contributed by atoms with van der Waals surface area (Å²) in [5.41, 5.74) is 2.14. The third-order valence-corrected chi connectivity index (χ3v) is 6.08. The van der Waals surface area contributed by atoms with E-state index in [0.29, 0.717) is 0 Å². The SMILES string of the molecule is Cc1nscc1C(O)C1(Br)CCN(C(C)(C)C)CC1. The van der Waals surface area contributed by atoms with Crippen LogP contribution in [0.25, 0.3) is 0 Å². The smallest absolute Gasteiger partial charge is 0.0970 e. The molecule has 3 nitrogen and oxygen atoms in total. The number of aromatic nitrogens is 1. The number of nitrogens with zero attached hydrogens (tertiary/aromatic N) is 2. The number of hydrogen-bond donors (Lipinski definition) is 1. The van der Waals surface area contributed by atoms with E-state index in [4.69, 9.17) is 0 Å². The van der Waals surface area contributed by atoms with Gasteiger partial charge in [-0.15, -0.1) is 0 Å².